The minimum absolute atomic E-state index is 0.458. The zero-order valence-corrected chi connectivity index (χ0v) is 15.6. The first-order chi connectivity index (χ1) is 13.1. The van der Waals surface area contributed by atoms with E-state index in [4.69, 9.17) is 0 Å². The molecule has 4 aromatic rings. The lowest BCUT2D eigenvalue weighted by Gasteiger charge is -2.11. The van der Waals surface area contributed by atoms with Crippen LogP contribution in [0.4, 0.5) is 0 Å². The van der Waals surface area contributed by atoms with Gasteiger partial charge in [0.1, 0.15) is 17.1 Å². The third-order valence-corrected chi connectivity index (χ3v) is 5.19. The fraction of sp³-hybridized carbons (Fsp3) is 0.100. The summed E-state index contributed by atoms with van der Waals surface area (Å²) in [5.74, 6) is 0. The van der Waals surface area contributed by atoms with Gasteiger partial charge in [0, 0.05) is 36.7 Å². The van der Waals surface area contributed by atoms with Crippen LogP contribution in [0, 0.1) is 18.3 Å². The first kappa shape index (κ1) is 17.1. The molecule has 4 rings (SSSR count). The highest BCUT2D eigenvalue weighted by atomic mass is 32.2. The van der Waals surface area contributed by atoms with Gasteiger partial charge in [-0.3, -0.25) is 19.2 Å². The molecule has 1 atom stereocenters. The Morgan fingerprint density at radius 2 is 1.89 bits per heavy atom. The van der Waals surface area contributed by atoms with E-state index in [2.05, 4.69) is 21.0 Å². The number of pyridine rings is 3. The largest absolute Gasteiger partial charge is 0.305 e. The molecule has 0 radical (unpaired) electrons. The van der Waals surface area contributed by atoms with Crippen LogP contribution >= 0.6 is 0 Å². The molecule has 7 heteroatoms. The van der Waals surface area contributed by atoms with Crippen LogP contribution in [-0.2, 0) is 10.8 Å². The predicted octanol–water partition coefficient (Wildman–Crippen LogP) is 3.40. The van der Waals surface area contributed by atoms with Crippen LogP contribution in [0.3, 0.4) is 0 Å². The molecule has 0 aliphatic heterocycles. The van der Waals surface area contributed by atoms with Gasteiger partial charge < -0.3 is 4.57 Å². The Bertz CT molecular complexity index is 1210. The van der Waals surface area contributed by atoms with Crippen molar-refractivity contribution in [1.29, 1.82) is 5.26 Å². The summed E-state index contributed by atoms with van der Waals surface area (Å²) in [6, 6.07) is 11.6. The molecule has 4 aromatic heterocycles. The van der Waals surface area contributed by atoms with Crippen molar-refractivity contribution in [3.63, 3.8) is 0 Å². The van der Waals surface area contributed by atoms with Crippen molar-refractivity contribution in [2.75, 3.05) is 6.26 Å². The molecule has 0 aliphatic rings. The van der Waals surface area contributed by atoms with Crippen molar-refractivity contribution in [2.24, 2.45) is 0 Å². The number of nitriles is 1. The van der Waals surface area contributed by atoms with Gasteiger partial charge in [-0.1, -0.05) is 0 Å². The van der Waals surface area contributed by atoms with Crippen molar-refractivity contribution >= 4 is 21.8 Å². The smallest absolute Gasteiger partial charge is 0.107 e. The van der Waals surface area contributed by atoms with Crippen LogP contribution < -0.4 is 0 Å². The molecule has 6 nitrogen and oxygen atoms in total. The fourth-order valence-corrected chi connectivity index (χ4v) is 3.52. The van der Waals surface area contributed by atoms with E-state index >= 15 is 0 Å². The maximum atomic E-state index is 11.7. The second-order valence-electron chi connectivity index (χ2n) is 6.09. The molecule has 0 N–H and O–H groups in total. The lowest BCUT2D eigenvalue weighted by Crippen LogP contribution is -2.00. The maximum absolute atomic E-state index is 11.7. The Labute approximate surface area is 158 Å². The summed E-state index contributed by atoms with van der Waals surface area (Å²) in [4.78, 5) is 13.7. The van der Waals surface area contributed by atoms with Gasteiger partial charge in [0.2, 0.25) is 0 Å². The van der Waals surface area contributed by atoms with E-state index in [9.17, 15) is 9.47 Å². The van der Waals surface area contributed by atoms with Crippen LogP contribution in [-0.4, -0.2) is 30.0 Å². The summed E-state index contributed by atoms with van der Waals surface area (Å²) in [5, 5.41) is 9.86. The monoisotopic (exact) mass is 373 g/mol. The van der Waals surface area contributed by atoms with Gasteiger partial charge in [-0.2, -0.15) is 5.26 Å². The Morgan fingerprint density at radius 1 is 1.11 bits per heavy atom. The standard InChI is InChI=1S/C20H15N5OS/c1-13-9-18-19(24-11-13)16(10-21)20(25(18)14-5-7-22-8-6-14)17-4-3-15(12-23-17)27(2)26/h3-9,11-12H,1-2H3. The van der Waals surface area contributed by atoms with E-state index < -0.39 is 10.8 Å². The molecule has 27 heavy (non-hydrogen) atoms. The Balaban J connectivity index is 2.10. The molecule has 0 aliphatic carbocycles. The van der Waals surface area contributed by atoms with Crippen molar-refractivity contribution in [3.8, 4) is 23.1 Å². The summed E-state index contributed by atoms with van der Waals surface area (Å²) >= 11 is 0. The Hall–Kier alpha value is -3.37. The number of aryl methyl sites for hydroxylation is 1. The number of fused-ring (bicyclic) bond motifs is 1. The molecule has 0 amide bonds. The molecule has 0 aromatic carbocycles. The second kappa shape index (κ2) is 6.74. The van der Waals surface area contributed by atoms with Crippen LogP contribution in [0.1, 0.15) is 11.1 Å². The lowest BCUT2D eigenvalue weighted by atomic mass is 10.1. The number of rotatable bonds is 3. The molecule has 0 spiro atoms. The van der Waals surface area contributed by atoms with E-state index in [1.807, 2.05) is 29.7 Å². The van der Waals surface area contributed by atoms with E-state index in [0.717, 1.165) is 16.8 Å². The molecule has 0 saturated carbocycles. The van der Waals surface area contributed by atoms with Gasteiger partial charge >= 0.3 is 0 Å². The van der Waals surface area contributed by atoms with E-state index in [1.165, 1.54) is 0 Å². The number of hydrogen-bond donors (Lipinski definition) is 0. The van der Waals surface area contributed by atoms with E-state index in [1.54, 1.807) is 43.2 Å². The molecule has 0 bridgehead atoms. The van der Waals surface area contributed by atoms with E-state index in [-0.39, 0.29) is 0 Å². The fourth-order valence-electron chi connectivity index (χ4n) is 3.06. The average Bonchev–Trinajstić information content (AvgIpc) is 3.02. The molecule has 4 heterocycles. The first-order valence-electron chi connectivity index (χ1n) is 8.21. The maximum Gasteiger partial charge on any atom is 0.107 e. The van der Waals surface area contributed by atoms with Crippen molar-refractivity contribution in [2.45, 2.75) is 11.8 Å². The number of nitrogens with zero attached hydrogens (tertiary/aromatic N) is 5. The Kier molecular flexibility index (Phi) is 4.26. The van der Waals surface area contributed by atoms with Crippen LogP contribution in [0.5, 0.6) is 0 Å². The molecule has 132 valence electrons. The first-order valence-corrected chi connectivity index (χ1v) is 9.77. The lowest BCUT2D eigenvalue weighted by molar-refractivity contribution is 0.686. The van der Waals surface area contributed by atoms with Crippen molar-refractivity contribution < 1.29 is 4.21 Å². The highest BCUT2D eigenvalue weighted by Crippen LogP contribution is 2.34. The third kappa shape index (κ3) is 2.90. The molecule has 1 unspecified atom stereocenters. The molecular weight excluding hydrogens is 358 g/mol. The van der Waals surface area contributed by atoms with Crippen LogP contribution in [0.15, 0.2) is 60.0 Å². The van der Waals surface area contributed by atoms with Crippen LogP contribution in [0.25, 0.3) is 28.1 Å². The highest BCUT2D eigenvalue weighted by Gasteiger charge is 2.22. The zero-order valence-electron chi connectivity index (χ0n) is 14.7. The number of aromatic nitrogens is 4. The van der Waals surface area contributed by atoms with Crippen molar-refractivity contribution in [1.82, 2.24) is 19.5 Å². The van der Waals surface area contributed by atoms with Gasteiger partial charge in [-0.15, -0.1) is 0 Å². The number of hydrogen-bond acceptors (Lipinski definition) is 5. The predicted molar refractivity (Wildman–Crippen MR) is 104 cm³/mol. The summed E-state index contributed by atoms with van der Waals surface area (Å²) in [6.45, 7) is 1.96. The van der Waals surface area contributed by atoms with Gasteiger partial charge in [0.15, 0.2) is 0 Å². The van der Waals surface area contributed by atoms with Gasteiger partial charge in [-0.05, 0) is 42.8 Å². The summed E-state index contributed by atoms with van der Waals surface area (Å²) < 4.78 is 13.7. The summed E-state index contributed by atoms with van der Waals surface area (Å²) in [7, 11) is -1.11. The Morgan fingerprint density at radius 3 is 2.52 bits per heavy atom. The minimum Gasteiger partial charge on any atom is -0.305 e. The quantitative estimate of drug-likeness (QED) is 0.549. The average molecular weight is 373 g/mol. The second-order valence-corrected chi connectivity index (χ2v) is 7.47. The topological polar surface area (TPSA) is 84.5 Å². The SMILES string of the molecule is Cc1cnc2c(C#N)c(-c3ccc(S(C)=O)cn3)n(-c3ccncc3)c2c1. The highest BCUT2D eigenvalue weighted by molar-refractivity contribution is 7.84. The van der Waals surface area contributed by atoms with Crippen LogP contribution in [0.2, 0.25) is 0 Å². The zero-order chi connectivity index (χ0) is 19.0. The normalized spacial score (nSPS) is 12.0. The summed E-state index contributed by atoms with van der Waals surface area (Å²) in [5.41, 5.74) is 5.05. The molecular formula is C20H15N5OS. The van der Waals surface area contributed by atoms with E-state index in [0.29, 0.717) is 27.4 Å². The molecule has 0 fully saturated rings. The van der Waals surface area contributed by atoms with Gasteiger partial charge in [0.05, 0.1) is 32.6 Å². The van der Waals surface area contributed by atoms with Crippen molar-refractivity contribution in [3.05, 3.63) is 66.2 Å². The third-order valence-electron chi connectivity index (χ3n) is 4.29. The summed E-state index contributed by atoms with van der Waals surface area (Å²) in [6.07, 6.45) is 8.35. The van der Waals surface area contributed by atoms with Gasteiger partial charge in [0.25, 0.3) is 0 Å². The minimum atomic E-state index is -1.11. The van der Waals surface area contributed by atoms with Gasteiger partial charge in [-0.25, -0.2) is 0 Å². The molecule has 0 saturated heterocycles.